The second-order valence-electron chi connectivity index (χ2n) is 4.73. The Labute approximate surface area is 136 Å². The van der Waals surface area contributed by atoms with E-state index in [0.717, 1.165) is 10.4 Å². The molecule has 3 aromatic rings. The number of carbonyl (C=O) groups is 1. The second kappa shape index (κ2) is 6.62. The van der Waals surface area contributed by atoms with E-state index in [1.54, 1.807) is 19.2 Å². The molecule has 0 saturated carbocycles. The average molecular weight is 330 g/mol. The fourth-order valence-corrected chi connectivity index (χ4v) is 2.70. The number of aromatic nitrogens is 2. The van der Waals surface area contributed by atoms with Gasteiger partial charge in [0.25, 0.3) is 5.89 Å². The van der Waals surface area contributed by atoms with Gasteiger partial charge in [0, 0.05) is 10.4 Å². The molecule has 2 aromatic heterocycles. The monoisotopic (exact) mass is 330 g/mol. The van der Waals surface area contributed by atoms with E-state index in [9.17, 15) is 4.79 Å². The molecule has 0 spiro atoms. The summed E-state index contributed by atoms with van der Waals surface area (Å²) in [6, 6.07) is 10.9. The molecular weight excluding hydrogens is 316 g/mol. The van der Waals surface area contributed by atoms with Crippen LogP contribution in [0.2, 0.25) is 0 Å². The lowest BCUT2D eigenvalue weighted by Crippen LogP contribution is -2.03. The fraction of sp³-hybridized carbons (Fsp3) is 0.188. The molecule has 0 fully saturated rings. The topological polar surface area (TPSA) is 74.5 Å². The molecule has 6 nitrogen and oxygen atoms in total. The fourth-order valence-electron chi connectivity index (χ4n) is 1.94. The van der Waals surface area contributed by atoms with Gasteiger partial charge in [-0.3, -0.25) is 0 Å². The SMILES string of the molecule is COc1cccc(-c2noc(COC(=O)c3ccc(C)s3)n2)c1. The molecule has 0 aliphatic carbocycles. The second-order valence-corrected chi connectivity index (χ2v) is 6.02. The number of methoxy groups -OCH3 is 1. The third kappa shape index (κ3) is 3.57. The summed E-state index contributed by atoms with van der Waals surface area (Å²) in [6.45, 7) is 1.87. The van der Waals surface area contributed by atoms with Gasteiger partial charge in [-0.15, -0.1) is 11.3 Å². The van der Waals surface area contributed by atoms with Crippen molar-refractivity contribution in [2.45, 2.75) is 13.5 Å². The van der Waals surface area contributed by atoms with Crippen LogP contribution < -0.4 is 4.74 Å². The summed E-state index contributed by atoms with van der Waals surface area (Å²) >= 11 is 1.38. The number of aryl methyl sites for hydroxylation is 1. The van der Waals surface area contributed by atoms with Crippen LogP contribution in [0.4, 0.5) is 0 Å². The van der Waals surface area contributed by atoms with Crippen LogP contribution in [0.25, 0.3) is 11.4 Å². The highest BCUT2D eigenvalue weighted by Gasteiger charge is 2.14. The normalized spacial score (nSPS) is 10.5. The zero-order valence-electron chi connectivity index (χ0n) is 12.6. The maximum atomic E-state index is 11.9. The zero-order valence-corrected chi connectivity index (χ0v) is 13.4. The van der Waals surface area contributed by atoms with Crippen molar-refractivity contribution in [2.24, 2.45) is 0 Å². The lowest BCUT2D eigenvalue weighted by molar-refractivity contribution is 0.0435. The molecule has 23 heavy (non-hydrogen) atoms. The van der Waals surface area contributed by atoms with Crippen LogP contribution in [0.1, 0.15) is 20.4 Å². The van der Waals surface area contributed by atoms with Crippen molar-refractivity contribution in [3.8, 4) is 17.1 Å². The van der Waals surface area contributed by atoms with E-state index in [1.807, 2.05) is 31.2 Å². The van der Waals surface area contributed by atoms with Crippen LogP contribution in [0, 0.1) is 6.92 Å². The lowest BCUT2D eigenvalue weighted by atomic mass is 10.2. The van der Waals surface area contributed by atoms with Crippen molar-refractivity contribution in [1.82, 2.24) is 10.1 Å². The Morgan fingerprint density at radius 1 is 1.30 bits per heavy atom. The number of hydrogen-bond acceptors (Lipinski definition) is 7. The Kier molecular flexibility index (Phi) is 4.38. The van der Waals surface area contributed by atoms with E-state index < -0.39 is 5.97 Å². The highest BCUT2D eigenvalue weighted by molar-refractivity contribution is 7.13. The minimum atomic E-state index is -0.399. The molecule has 1 aromatic carbocycles. The van der Waals surface area contributed by atoms with Gasteiger partial charge in [0.2, 0.25) is 5.82 Å². The summed E-state index contributed by atoms with van der Waals surface area (Å²) in [5.41, 5.74) is 0.763. The van der Waals surface area contributed by atoms with Crippen molar-refractivity contribution in [2.75, 3.05) is 7.11 Å². The highest BCUT2D eigenvalue weighted by atomic mass is 32.1. The molecule has 118 valence electrons. The van der Waals surface area contributed by atoms with E-state index in [2.05, 4.69) is 10.1 Å². The van der Waals surface area contributed by atoms with E-state index in [1.165, 1.54) is 11.3 Å². The summed E-state index contributed by atoms with van der Waals surface area (Å²) in [4.78, 5) is 17.7. The molecule has 0 unspecified atom stereocenters. The van der Waals surface area contributed by atoms with E-state index in [4.69, 9.17) is 14.0 Å². The molecule has 0 radical (unpaired) electrons. The number of carbonyl (C=O) groups excluding carboxylic acids is 1. The Balaban J connectivity index is 1.66. The van der Waals surface area contributed by atoms with Crippen molar-refractivity contribution < 1.29 is 18.8 Å². The first-order valence-corrected chi connectivity index (χ1v) is 7.68. The largest absolute Gasteiger partial charge is 0.497 e. The predicted octanol–water partition coefficient (Wildman–Crippen LogP) is 3.47. The van der Waals surface area contributed by atoms with Gasteiger partial charge in [0.15, 0.2) is 6.61 Å². The zero-order chi connectivity index (χ0) is 16.2. The van der Waals surface area contributed by atoms with Crippen molar-refractivity contribution in [1.29, 1.82) is 0 Å². The predicted molar refractivity (Wildman–Crippen MR) is 84.5 cm³/mol. The number of nitrogens with zero attached hydrogens (tertiary/aromatic N) is 2. The number of hydrogen-bond donors (Lipinski definition) is 0. The highest BCUT2D eigenvalue weighted by Crippen LogP contribution is 2.21. The smallest absolute Gasteiger partial charge is 0.348 e. The molecule has 7 heteroatoms. The van der Waals surface area contributed by atoms with Crippen LogP contribution in [0.15, 0.2) is 40.9 Å². The van der Waals surface area contributed by atoms with Gasteiger partial charge in [-0.1, -0.05) is 17.3 Å². The molecule has 0 N–H and O–H groups in total. The molecule has 3 rings (SSSR count). The van der Waals surface area contributed by atoms with Crippen LogP contribution in [0.3, 0.4) is 0 Å². The maximum absolute atomic E-state index is 11.9. The molecular formula is C16H14N2O4S. The molecule has 0 aliphatic heterocycles. The van der Waals surface area contributed by atoms with Gasteiger partial charge in [-0.2, -0.15) is 4.98 Å². The molecule has 0 aliphatic rings. The van der Waals surface area contributed by atoms with Crippen LogP contribution >= 0.6 is 11.3 Å². The minimum absolute atomic E-state index is 0.0627. The first-order chi connectivity index (χ1) is 11.2. The van der Waals surface area contributed by atoms with Crippen molar-refractivity contribution >= 4 is 17.3 Å². The van der Waals surface area contributed by atoms with Crippen LogP contribution in [-0.2, 0) is 11.3 Å². The van der Waals surface area contributed by atoms with Crippen LogP contribution in [-0.4, -0.2) is 23.2 Å². The Morgan fingerprint density at radius 3 is 2.91 bits per heavy atom. The van der Waals surface area contributed by atoms with E-state index >= 15 is 0 Å². The van der Waals surface area contributed by atoms with E-state index in [-0.39, 0.29) is 12.5 Å². The van der Waals surface area contributed by atoms with Gasteiger partial charge in [0.05, 0.1) is 7.11 Å². The third-order valence-electron chi connectivity index (χ3n) is 3.06. The molecule has 0 atom stereocenters. The Bertz CT molecular complexity index is 825. The lowest BCUT2D eigenvalue weighted by Gasteiger charge is -2.00. The standard InChI is InChI=1S/C16H14N2O4S/c1-10-6-7-13(23-10)16(19)21-9-14-17-15(18-22-14)11-4-3-5-12(8-11)20-2/h3-8H,9H2,1-2H3. The van der Waals surface area contributed by atoms with Gasteiger partial charge >= 0.3 is 5.97 Å². The van der Waals surface area contributed by atoms with Gasteiger partial charge in [0.1, 0.15) is 10.6 Å². The van der Waals surface area contributed by atoms with Crippen LogP contribution in [0.5, 0.6) is 5.75 Å². The number of rotatable bonds is 5. The number of thiophene rings is 1. The summed E-state index contributed by atoms with van der Waals surface area (Å²) < 4.78 is 15.4. The molecule has 0 bridgehead atoms. The summed E-state index contributed by atoms with van der Waals surface area (Å²) in [7, 11) is 1.59. The van der Waals surface area contributed by atoms with Gasteiger partial charge in [-0.05, 0) is 31.2 Å². The number of esters is 1. The summed E-state index contributed by atoms with van der Waals surface area (Å²) in [5, 5.41) is 3.89. The maximum Gasteiger partial charge on any atom is 0.348 e. The average Bonchev–Trinajstić information content (AvgIpc) is 3.22. The minimum Gasteiger partial charge on any atom is -0.497 e. The van der Waals surface area contributed by atoms with Gasteiger partial charge in [-0.25, -0.2) is 4.79 Å². The first-order valence-electron chi connectivity index (χ1n) is 6.86. The first kappa shape index (κ1) is 15.2. The molecule has 2 heterocycles. The third-order valence-corrected chi connectivity index (χ3v) is 4.05. The van der Waals surface area contributed by atoms with Crippen molar-refractivity contribution in [3.63, 3.8) is 0 Å². The molecule has 0 saturated heterocycles. The van der Waals surface area contributed by atoms with Gasteiger partial charge < -0.3 is 14.0 Å². The summed E-state index contributed by atoms with van der Waals surface area (Å²) in [5.74, 6) is 0.962. The van der Waals surface area contributed by atoms with Crippen molar-refractivity contribution in [3.05, 3.63) is 52.0 Å². The Hall–Kier alpha value is -2.67. The quantitative estimate of drug-likeness (QED) is 0.667. The van der Waals surface area contributed by atoms with E-state index in [0.29, 0.717) is 16.5 Å². The molecule has 0 amide bonds. The Morgan fingerprint density at radius 2 is 2.17 bits per heavy atom. The number of ether oxygens (including phenoxy) is 2. The summed E-state index contributed by atoms with van der Waals surface area (Å²) in [6.07, 6.45) is 0. The number of benzene rings is 1.